The highest BCUT2D eigenvalue weighted by Crippen LogP contribution is 2.25. The van der Waals surface area contributed by atoms with Gasteiger partial charge in [0.2, 0.25) is 0 Å². The summed E-state index contributed by atoms with van der Waals surface area (Å²) in [5.74, 6) is -4.29. The highest BCUT2D eigenvalue weighted by molar-refractivity contribution is 5.89. The van der Waals surface area contributed by atoms with Crippen LogP contribution in [0.15, 0.2) is 0 Å². The van der Waals surface area contributed by atoms with Crippen LogP contribution in [-0.2, 0) is 14.3 Å². The monoisotopic (exact) mass is 239 g/mol. The molecule has 1 aliphatic rings. The standard InChI is InChI=1S/C9H12F3NO3/c10-9(11,12)8(15)16-7(14)5-2-1-3-6(13)4-5/h5-6H,1-4,13H2/t5-,6-/m1/s1. The Balaban J connectivity index is 2.49. The molecule has 1 rings (SSSR count). The van der Waals surface area contributed by atoms with E-state index in [4.69, 9.17) is 5.73 Å². The van der Waals surface area contributed by atoms with E-state index >= 15 is 0 Å². The van der Waals surface area contributed by atoms with Crippen LogP contribution in [0.1, 0.15) is 25.7 Å². The van der Waals surface area contributed by atoms with Crippen molar-refractivity contribution in [3.8, 4) is 0 Å². The van der Waals surface area contributed by atoms with Crippen LogP contribution in [0, 0.1) is 5.92 Å². The fourth-order valence-electron chi connectivity index (χ4n) is 1.67. The molecule has 0 saturated heterocycles. The molecule has 2 atom stereocenters. The Morgan fingerprint density at radius 1 is 1.25 bits per heavy atom. The van der Waals surface area contributed by atoms with E-state index in [1.54, 1.807) is 0 Å². The summed E-state index contributed by atoms with van der Waals surface area (Å²) in [4.78, 5) is 21.6. The predicted molar refractivity (Wildman–Crippen MR) is 47.1 cm³/mol. The minimum absolute atomic E-state index is 0.215. The van der Waals surface area contributed by atoms with Crippen LogP contribution in [-0.4, -0.2) is 24.2 Å². The first-order valence-corrected chi connectivity index (χ1v) is 4.89. The number of nitrogens with two attached hydrogens (primary N) is 1. The molecule has 0 aliphatic heterocycles. The molecule has 1 fully saturated rings. The average Bonchev–Trinajstić information content (AvgIpc) is 2.16. The fourth-order valence-corrected chi connectivity index (χ4v) is 1.67. The molecule has 0 aromatic rings. The summed E-state index contributed by atoms with van der Waals surface area (Å²) in [6.45, 7) is 0. The van der Waals surface area contributed by atoms with Gasteiger partial charge in [0, 0.05) is 6.04 Å². The normalized spacial score (nSPS) is 26.2. The molecule has 0 radical (unpaired) electrons. The van der Waals surface area contributed by atoms with Crippen LogP contribution < -0.4 is 5.73 Å². The van der Waals surface area contributed by atoms with Gasteiger partial charge < -0.3 is 10.5 Å². The Hall–Kier alpha value is -1.11. The number of carbonyl (C=O) groups is 2. The molecule has 92 valence electrons. The molecule has 0 bridgehead atoms. The Morgan fingerprint density at radius 3 is 2.38 bits per heavy atom. The number of hydrogen-bond donors (Lipinski definition) is 1. The summed E-state index contributed by atoms with van der Waals surface area (Å²) in [7, 11) is 0. The van der Waals surface area contributed by atoms with Crippen molar-refractivity contribution in [2.45, 2.75) is 37.9 Å². The van der Waals surface area contributed by atoms with Gasteiger partial charge >= 0.3 is 18.1 Å². The van der Waals surface area contributed by atoms with Crippen molar-refractivity contribution in [2.24, 2.45) is 11.7 Å². The maximum absolute atomic E-state index is 11.8. The number of hydrogen-bond acceptors (Lipinski definition) is 4. The number of rotatable bonds is 1. The molecule has 1 saturated carbocycles. The van der Waals surface area contributed by atoms with E-state index in [9.17, 15) is 22.8 Å². The summed E-state index contributed by atoms with van der Waals surface area (Å²) in [5.41, 5.74) is 5.56. The van der Waals surface area contributed by atoms with E-state index in [0.29, 0.717) is 12.8 Å². The van der Waals surface area contributed by atoms with Crippen LogP contribution in [0.3, 0.4) is 0 Å². The summed E-state index contributed by atoms with van der Waals surface area (Å²) < 4.78 is 39.1. The zero-order chi connectivity index (χ0) is 12.3. The largest absolute Gasteiger partial charge is 0.491 e. The molecule has 0 unspecified atom stereocenters. The van der Waals surface area contributed by atoms with Gasteiger partial charge in [0.25, 0.3) is 0 Å². The quantitative estimate of drug-likeness (QED) is 0.550. The second kappa shape index (κ2) is 4.82. The number of alkyl halides is 3. The third kappa shape index (κ3) is 3.48. The van der Waals surface area contributed by atoms with Crippen molar-refractivity contribution < 1.29 is 27.5 Å². The number of carbonyl (C=O) groups excluding carboxylic acids is 2. The van der Waals surface area contributed by atoms with Gasteiger partial charge in [0.15, 0.2) is 0 Å². The Bertz CT molecular complexity index is 290. The molecular weight excluding hydrogens is 227 g/mol. The van der Waals surface area contributed by atoms with Gasteiger partial charge in [-0.3, -0.25) is 4.79 Å². The van der Waals surface area contributed by atoms with E-state index in [1.807, 2.05) is 0 Å². The van der Waals surface area contributed by atoms with E-state index in [1.165, 1.54) is 0 Å². The summed E-state index contributed by atoms with van der Waals surface area (Å²) in [6.07, 6.45) is -3.06. The van der Waals surface area contributed by atoms with Crippen LogP contribution >= 0.6 is 0 Å². The van der Waals surface area contributed by atoms with E-state index in [2.05, 4.69) is 4.74 Å². The zero-order valence-electron chi connectivity index (χ0n) is 8.42. The van der Waals surface area contributed by atoms with Gasteiger partial charge in [-0.1, -0.05) is 6.42 Å². The van der Waals surface area contributed by atoms with Gasteiger partial charge in [0.1, 0.15) is 0 Å². The van der Waals surface area contributed by atoms with E-state index < -0.39 is 24.0 Å². The lowest BCUT2D eigenvalue weighted by molar-refractivity contribution is -0.203. The van der Waals surface area contributed by atoms with Crippen molar-refractivity contribution in [1.29, 1.82) is 0 Å². The molecule has 0 spiro atoms. The zero-order valence-corrected chi connectivity index (χ0v) is 8.42. The van der Waals surface area contributed by atoms with Crippen molar-refractivity contribution in [2.75, 3.05) is 0 Å². The topological polar surface area (TPSA) is 69.4 Å². The molecule has 1 aliphatic carbocycles. The third-order valence-corrected chi connectivity index (χ3v) is 2.47. The molecule has 2 N–H and O–H groups in total. The lowest BCUT2D eigenvalue weighted by atomic mass is 9.86. The summed E-state index contributed by atoms with van der Waals surface area (Å²) in [5, 5.41) is 0. The van der Waals surface area contributed by atoms with Gasteiger partial charge in [-0.15, -0.1) is 0 Å². The highest BCUT2D eigenvalue weighted by Gasteiger charge is 2.43. The molecule has 7 heteroatoms. The highest BCUT2D eigenvalue weighted by atomic mass is 19.4. The molecule has 0 aromatic heterocycles. The van der Waals surface area contributed by atoms with Crippen molar-refractivity contribution >= 4 is 11.9 Å². The molecule has 0 heterocycles. The molecule has 0 aromatic carbocycles. The molecule has 4 nitrogen and oxygen atoms in total. The maximum atomic E-state index is 11.8. The number of esters is 2. The maximum Gasteiger partial charge on any atom is 0.491 e. The summed E-state index contributed by atoms with van der Waals surface area (Å²) in [6, 6.07) is -0.215. The lowest BCUT2D eigenvalue weighted by Gasteiger charge is -2.24. The van der Waals surface area contributed by atoms with Gasteiger partial charge in [0.05, 0.1) is 5.92 Å². The Morgan fingerprint density at radius 2 is 1.88 bits per heavy atom. The third-order valence-electron chi connectivity index (χ3n) is 2.47. The first-order valence-electron chi connectivity index (χ1n) is 4.89. The average molecular weight is 239 g/mol. The molecular formula is C9H12F3NO3. The SMILES string of the molecule is N[C@@H]1CCC[C@@H](C(=O)OC(=O)C(F)(F)F)C1. The first kappa shape index (κ1) is 13.0. The van der Waals surface area contributed by atoms with E-state index in [-0.39, 0.29) is 12.5 Å². The minimum atomic E-state index is -5.13. The molecule has 16 heavy (non-hydrogen) atoms. The van der Waals surface area contributed by atoms with Crippen LogP contribution in [0.4, 0.5) is 13.2 Å². The van der Waals surface area contributed by atoms with Gasteiger partial charge in [-0.25, -0.2) is 4.79 Å². The predicted octanol–water partition coefficient (Wildman–Crippen LogP) is 1.14. The first-order chi connectivity index (χ1) is 7.30. The fraction of sp³-hybridized carbons (Fsp3) is 0.778. The minimum Gasteiger partial charge on any atom is -0.386 e. The van der Waals surface area contributed by atoms with Crippen LogP contribution in [0.5, 0.6) is 0 Å². The number of ether oxygens (including phenoxy) is 1. The van der Waals surface area contributed by atoms with Crippen molar-refractivity contribution in [3.63, 3.8) is 0 Å². The van der Waals surface area contributed by atoms with Crippen molar-refractivity contribution in [3.05, 3.63) is 0 Å². The van der Waals surface area contributed by atoms with Crippen molar-refractivity contribution in [1.82, 2.24) is 0 Å². The second-order valence-corrected chi connectivity index (χ2v) is 3.83. The lowest BCUT2D eigenvalue weighted by Crippen LogP contribution is -2.36. The van der Waals surface area contributed by atoms with Crippen LogP contribution in [0.2, 0.25) is 0 Å². The Labute approximate surface area is 89.9 Å². The smallest absolute Gasteiger partial charge is 0.386 e. The summed E-state index contributed by atoms with van der Waals surface area (Å²) >= 11 is 0. The Kier molecular flexibility index (Phi) is 3.90. The van der Waals surface area contributed by atoms with Gasteiger partial charge in [-0.2, -0.15) is 13.2 Å². The second-order valence-electron chi connectivity index (χ2n) is 3.83. The van der Waals surface area contributed by atoms with Crippen LogP contribution in [0.25, 0.3) is 0 Å². The van der Waals surface area contributed by atoms with E-state index in [0.717, 1.165) is 6.42 Å². The van der Waals surface area contributed by atoms with Gasteiger partial charge in [-0.05, 0) is 19.3 Å². The molecule has 0 amide bonds. The number of halogens is 3.